The summed E-state index contributed by atoms with van der Waals surface area (Å²) in [6.45, 7) is 0. The molecule has 0 aliphatic rings. The summed E-state index contributed by atoms with van der Waals surface area (Å²) in [5.74, 6) is 0.607. The predicted molar refractivity (Wildman–Crippen MR) is 190 cm³/mol. The second-order valence-corrected chi connectivity index (χ2v) is 11.5. The van der Waals surface area contributed by atoms with Gasteiger partial charge in [0.2, 0.25) is 5.89 Å². The first-order valence-electron chi connectivity index (χ1n) is 15.6. The minimum absolute atomic E-state index is 0.607. The van der Waals surface area contributed by atoms with Gasteiger partial charge in [-0.05, 0) is 95.6 Å². The molecular formula is C42H27N3O2. The summed E-state index contributed by atoms with van der Waals surface area (Å²) >= 11 is 0. The molecule has 3 aromatic heterocycles. The molecule has 9 rings (SSSR count). The number of rotatable bonds is 6. The molecule has 0 aliphatic heterocycles. The lowest BCUT2D eigenvalue weighted by molar-refractivity contribution is 0.620. The number of hydrogen-bond donors (Lipinski definition) is 0. The molecule has 47 heavy (non-hydrogen) atoms. The van der Waals surface area contributed by atoms with Crippen LogP contribution in [0, 0.1) is 0 Å². The molecular weight excluding hydrogens is 578 g/mol. The third kappa shape index (κ3) is 4.82. The van der Waals surface area contributed by atoms with Gasteiger partial charge in [0.05, 0.1) is 0 Å². The van der Waals surface area contributed by atoms with E-state index >= 15 is 0 Å². The highest BCUT2D eigenvalue weighted by molar-refractivity contribution is 6.09. The number of aromatic nitrogens is 2. The fraction of sp³-hybridized carbons (Fsp3) is 0. The predicted octanol–water partition coefficient (Wildman–Crippen LogP) is 11.6. The molecule has 0 spiro atoms. The van der Waals surface area contributed by atoms with Crippen molar-refractivity contribution in [2.45, 2.75) is 0 Å². The van der Waals surface area contributed by atoms with Gasteiger partial charge >= 0.3 is 0 Å². The van der Waals surface area contributed by atoms with Crippen molar-refractivity contribution in [1.29, 1.82) is 0 Å². The van der Waals surface area contributed by atoms with Crippen molar-refractivity contribution in [2.24, 2.45) is 0 Å². The average molecular weight is 606 g/mol. The van der Waals surface area contributed by atoms with Gasteiger partial charge in [0, 0.05) is 51.4 Å². The number of hydrogen-bond acceptors (Lipinski definition) is 5. The van der Waals surface area contributed by atoms with E-state index in [2.05, 4.69) is 113 Å². The van der Waals surface area contributed by atoms with Crippen LogP contribution in [-0.2, 0) is 0 Å². The maximum atomic E-state index is 6.34. The zero-order valence-corrected chi connectivity index (χ0v) is 25.2. The van der Waals surface area contributed by atoms with E-state index in [4.69, 9.17) is 13.8 Å². The van der Waals surface area contributed by atoms with Crippen LogP contribution in [0.3, 0.4) is 0 Å². The molecule has 0 amide bonds. The fourth-order valence-electron chi connectivity index (χ4n) is 6.31. The van der Waals surface area contributed by atoms with Crippen LogP contribution in [0.1, 0.15) is 0 Å². The van der Waals surface area contributed by atoms with Crippen LogP contribution in [0.15, 0.2) is 173 Å². The van der Waals surface area contributed by atoms with Crippen LogP contribution < -0.4 is 4.90 Å². The standard InChI is InChI=1S/C42H27N3O2/c1-3-10-39-36(6-1)37-8-5-7-35(41(37)46-39)30-14-20-33(21-15-30)45(32-18-12-28(13-19-32)29-24-26-43-27-25-29)34-22-16-31(17-23-34)42-44-38-9-2-4-11-40(38)47-42/h1-27H. The molecule has 0 radical (unpaired) electrons. The molecule has 0 N–H and O–H groups in total. The lowest BCUT2D eigenvalue weighted by atomic mass is 10.0. The Morgan fingerprint density at radius 1 is 0.426 bits per heavy atom. The van der Waals surface area contributed by atoms with E-state index < -0.39 is 0 Å². The Hall–Kier alpha value is -6.46. The number of fused-ring (bicyclic) bond motifs is 4. The molecule has 0 unspecified atom stereocenters. The van der Waals surface area contributed by atoms with E-state index in [1.54, 1.807) is 0 Å². The van der Waals surface area contributed by atoms with Crippen molar-refractivity contribution in [3.8, 4) is 33.7 Å². The fourth-order valence-corrected chi connectivity index (χ4v) is 6.31. The molecule has 0 fully saturated rings. The molecule has 0 bridgehead atoms. The lowest BCUT2D eigenvalue weighted by Gasteiger charge is -2.26. The van der Waals surface area contributed by atoms with Gasteiger partial charge in [-0.1, -0.05) is 72.8 Å². The molecule has 222 valence electrons. The Bertz CT molecular complexity index is 2460. The van der Waals surface area contributed by atoms with Crippen LogP contribution in [0.5, 0.6) is 0 Å². The zero-order chi connectivity index (χ0) is 31.2. The van der Waals surface area contributed by atoms with Gasteiger partial charge in [-0.15, -0.1) is 0 Å². The van der Waals surface area contributed by atoms with Crippen molar-refractivity contribution in [1.82, 2.24) is 9.97 Å². The maximum Gasteiger partial charge on any atom is 0.227 e. The third-order valence-electron chi connectivity index (χ3n) is 8.65. The maximum absolute atomic E-state index is 6.34. The van der Waals surface area contributed by atoms with Crippen LogP contribution in [0.2, 0.25) is 0 Å². The van der Waals surface area contributed by atoms with Crippen molar-refractivity contribution in [3.05, 3.63) is 164 Å². The second kappa shape index (κ2) is 11.2. The third-order valence-corrected chi connectivity index (χ3v) is 8.65. The summed E-state index contributed by atoms with van der Waals surface area (Å²) < 4.78 is 12.4. The van der Waals surface area contributed by atoms with Crippen LogP contribution in [-0.4, -0.2) is 9.97 Å². The zero-order valence-electron chi connectivity index (χ0n) is 25.2. The second-order valence-electron chi connectivity index (χ2n) is 11.5. The van der Waals surface area contributed by atoms with Gasteiger partial charge in [0.25, 0.3) is 0 Å². The highest BCUT2D eigenvalue weighted by Crippen LogP contribution is 2.40. The number of furan rings is 1. The van der Waals surface area contributed by atoms with Crippen LogP contribution in [0.25, 0.3) is 66.7 Å². The Kier molecular flexibility index (Phi) is 6.39. The Morgan fingerprint density at radius 3 is 1.70 bits per heavy atom. The first-order chi connectivity index (χ1) is 23.3. The van der Waals surface area contributed by atoms with Crippen LogP contribution in [0.4, 0.5) is 17.1 Å². The molecule has 0 aliphatic carbocycles. The summed E-state index contributed by atoms with van der Waals surface area (Å²) in [6.07, 6.45) is 3.64. The quantitative estimate of drug-likeness (QED) is 0.189. The number of para-hydroxylation sites is 4. The van der Waals surface area contributed by atoms with Gasteiger partial charge < -0.3 is 13.7 Å². The number of anilines is 3. The summed E-state index contributed by atoms with van der Waals surface area (Å²) in [6, 6.07) is 52.1. The number of nitrogens with zero attached hydrogens (tertiary/aromatic N) is 3. The molecule has 9 aromatic rings. The van der Waals surface area contributed by atoms with E-state index in [1.807, 2.05) is 60.9 Å². The Balaban J connectivity index is 1.11. The van der Waals surface area contributed by atoms with Gasteiger partial charge in [-0.2, -0.15) is 0 Å². The Labute approximate surface area is 271 Å². The lowest BCUT2D eigenvalue weighted by Crippen LogP contribution is -2.09. The highest BCUT2D eigenvalue weighted by Gasteiger charge is 2.16. The number of pyridine rings is 1. The molecule has 6 aromatic carbocycles. The van der Waals surface area contributed by atoms with Gasteiger partial charge in [-0.25, -0.2) is 4.98 Å². The van der Waals surface area contributed by atoms with Crippen LogP contribution >= 0.6 is 0 Å². The van der Waals surface area contributed by atoms with Gasteiger partial charge in [-0.3, -0.25) is 4.98 Å². The summed E-state index contributed by atoms with van der Waals surface area (Å²) in [5.41, 5.74) is 11.9. The van der Waals surface area contributed by atoms with Gasteiger partial charge in [0.15, 0.2) is 5.58 Å². The van der Waals surface area contributed by atoms with Crippen molar-refractivity contribution >= 4 is 50.1 Å². The monoisotopic (exact) mass is 605 g/mol. The van der Waals surface area contributed by atoms with E-state index in [9.17, 15) is 0 Å². The van der Waals surface area contributed by atoms with Crippen molar-refractivity contribution in [2.75, 3.05) is 4.90 Å². The highest BCUT2D eigenvalue weighted by atomic mass is 16.3. The molecule has 5 heteroatoms. The molecule has 3 heterocycles. The van der Waals surface area contributed by atoms with E-state index in [-0.39, 0.29) is 0 Å². The topological polar surface area (TPSA) is 55.3 Å². The number of benzene rings is 6. The molecule has 5 nitrogen and oxygen atoms in total. The smallest absolute Gasteiger partial charge is 0.227 e. The minimum Gasteiger partial charge on any atom is -0.455 e. The summed E-state index contributed by atoms with van der Waals surface area (Å²) in [7, 11) is 0. The molecule has 0 saturated carbocycles. The average Bonchev–Trinajstić information content (AvgIpc) is 3.75. The largest absolute Gasteiger partial charge is 0.455 e. The summed E-state index contributed by atoms with van der Waals surface area (Å²) in [5, 5.41) is 2.25. The number of oxazole rings is 1. The summed E-state index contributed by atoms with van der Waals surface area (Å²) in [4.78, 5) is 11.1. The van der Waals surface area contributed by atoms with Gasteiger partial charge in [0.1, 0.15) is 16.7 Å². The Morgan fingerprint density at radius 2 is 1.00 bits per heavy atom. The molecule has 0 saturated heterocycles. The van der Waals surface area contributed by atoms with E-state index in [1.165, 1.54) is 0 Å². The molecule has 0 atom stereocenters. The normalized spacial score (nSPS) is 11.4. The van der Waals surface area contributed by atoms with E-state index in [0.29, 0.717) is 5.89 Å². The van der Waals surface area contributed by atoms with Crippen molar-refractivity contribution < 1.29 is 8.83 Å². The minimum atomic E-state index is 0.607. The van der Waals surface area contributed by atoms with E-state index in [0.717, 1.165) is 77.9 Å². The van der Waals surface area contributed by atoms with Crippen molar-refractivity contribution in [3.63, 3.8) is 0 Å². The SMILES string of the molecule is c1ccc2oc(-c3ccc(N(c4ccc(-c5ccncc5)cc4)c4ccc(-c5cccc6c5oc5ccccc56)cc4)cc3)nc2c1. The first-order valence-corrected chi connectivity index (χ1v) is 15.6. The first kappa shape index (κ1) is 26.9.